The zero-order valence-corrected chi connectivity index (χ0v) is 17.0. The molecule has 1 aromatic carbocycles. The number of nitrogens with zero attached hydrogens (tertiary/aromatic N) is 3. The smallest absolute Gasteiger partial charge is 0.333 e. The molecule has 6 nitrogen and oxygen atoms in total. The number of aryl methyl sites for hydroxylation is 1. The molecular weight excluding hydrogens is 378 g/mol. The molecule has 4 rings (SSSR count). The van der Waals surface area contributed by atoms with Gasteiger partial charge >= 0.3 is 5.97 Å². The van der Waals surface area contributed by atoms with Crippen LogP contribution in [-0.4, -0.2) is 40.8 Å². The van der Waals surface area contributed by atoms with Crippen molar-refractivity contribution >= 4 is 17.3 Å². The van der Waals surface area contributed by atoms with Crippen LogP contribution in [-0.2, 0) is 28.8 Å². The van der Waals surface area contributed by atoms with Crippen LogP contribution in [0.1, 0.15) is 28.9 Å². The van der Waals surface area contributed by atoms with Gasteiger partial charge in [0.2, 0.25) is 0 Å². The number of carboxylic acid groups (broad SMARTS) is 1. The number of fused-ring (bicyclic) bond motifs is 2. The van der Waals surface area contributed by atoms with Gasteiger partial charge < -0.3 is 14.7 Å². The normalized spacial score (nSPS) is 13.4. The fourth-order valence-electron chi connectivity index (χ4n) is 3.92. The Morgan fingerprint density at radius 3 is 2.20 bits per heavy atom. The molecule has 30 heavy (non-hydrogen) atoms. The molecule has 1 aliphatic heterocycles. The average Bonchev–Trinajstić information content (AvgIpc) is 2.77. The first-order chi connectivity index (χ1) is 14.7. The van der Waals surface area contributed by atoms with Crippen molar-refractivity contribution in [3.8, 4) is 0 Å². The lowest BCUT2D eigenvalue weighted by molar-refractivity contribution is -0.148. The van der Waals surface area contributed by atoms with E-state index in [0.717, 1.165) is 54.1 Å². The summed E-state index contributed by atoms with van der Waals surface area (Å²) in [5, 5.41) is 9.13. The number of benzene rings is 1. The van der Waals surface area contributed by atoms with Gasteiger partial charge in [0.05, 0.1) is 22.8 Å². The number of aliphatic carboxylic acids is 1. The first-order valence-corrected chi connectivity index (χ1v) is 10.1. The van der Waals surface area contributed by atoms with E-state index in [0.29, 0.717) is 6.42 Å². The third kappa shape index (κ3) is 4.33. The van der Waals surface area contributed by atoms with E-state index in [1.54, 1.807) is 0 Å². The van der Waals surface area contributed by atoms with Gasteiger partial charge in [0.1, 0.15) is 0 Å². The van der Waals surface area contributed by atoms with E-state index in [9.17, 15) is 4.79 Å². The standard InChI is InChI=1S/C24H25N3O3/c1-30-23(24(28)29)15-18-10-8-17(9-11-18)5-4-14-27-21-6-2-12-25-19(21)16-20-22(27)7-3-13-26-20/h2-3,6-13,23H,4-5,14-16H2,1H3,(H,28,29). The van der Waals surface area contributed by atoms with Crippen molar-refractivity contribution < 1.29 is 14.6 Å². The molecule has 0 fully saturated rings. The van der Waals surface area contributed by atoms with Crippen molar-refractivity contribution in [2.24, 2.45) is 0 Å². The van der Waals surface area contributed by atoms with E-state index >= 15 is 0 Å². The van der Waals surface area contributed by atoms with Crippen LogP contribution in [0.5, 0.6) is 0 Å². The van der Waals surface area contributed by atoms with Gasteiger partial charge in [0.25, 0.3) is 0 Å². The van der Waals surface area contributed by atoms with E-state index < -0.39 is 12.1 Å². The average molecular weight is 403 g/mol. The highest BCUT2D eigenvalue weighted by atomic mass is 16.5. The van der Waals surface area contributed by atoms with E-state index in [4.69, 9.17) is 9.84 Å². The fraction of sp³-hybridized carbons (Fsp3) is 0.292. The Kier molecular flexibility index (Phi) is 6.05. The summed E-state index contributed by atoms with van der Waals surface area (Å²) in [4.78, 5) is 22.6. The second-order valence-electron chi connectivity index (χ2n) is 7.45. The number of carbonyl (C=O) groups is 1. The van der Waals surface area contributed by atoms with Crippen LogP contribution in [0.3, 0.4) is 0 Å². The number of aromatic nitrogens is 2. The number of rotatable bonds is 8. The third-order valence-electron chi connectivity index (χ3n) is 5.50. The van der Waals surface area contributed by atoms with Gasteiger partial charge in [0.15, 0.2) is 6.10 Å². The first kappa shape index (κ1) is 20.0. The van der Waals surface area contributed by atoms with Gasteiger partial charge in [-0.05, 0) is 48.2 Å². The zero-order chi connectivity index (χ0) is 20.9. The Hall–Kier alpha value is -3.25. The summed E-state index contributed by atoms with van der Waals surface area (Å²) in [6.07, 6.45) is 5.93. The molecule has 2 aromatic heterocycles. The molecule has 0 saturated heterocycles. The maximum Gasteiger partial charge on any atom is 0.333 e. The summed E-state index contributed by atoms with van der Waals surface area (Å²) in [6, 6.07) is 16.3. The largest absolute Gasteiger partial charge is 0.479 e. The van der Waals surface area contributed by atoms with Crippen LogP contribution >= 0.6 is 0 Å². The summed E-state index contributed by atoms with van der Waals surface area (Å²) >= 11 is 0. The van der Waals surface area contributed by atoms with Crippen LogP contribution in [0.15, 0.2) is 60.9 Å². The predicted octanol–water partition coefficient (Wildman–Crippen LogP) is 3.79. The van der Waals surface area contributed by atoms with E-state index in [1.165, 1.54) is 12.7 Å². The molecule has 0 spiro atoms. The molecule has 0 saturated carbocycles. The Labute approximate surface area is 176 Å². The highest BCUT2D eigenvalue weighted by Gasteiger charge is 2.23. The Morgan fingerprint density at radius 1 is 1.03 bits per heavy atom. The van der Waals surface area contributed by atoms with Crippen molar-refractivity contribution in [1.29, 1.82) is 0 Å². The molecule has 6 heteroatoms. The second kappa shape index (κ2) is 9.05. The minimum atomic E-state index is -0.937. The minimum Gasteiger partial charge on any atom is -0.479 e. The summed E-state index contributed by atoms with van der Waals surface area (Å²) in [5.41, 5.74) is 6.65. The summed E-state index contributed by atoms with van der Waals surface area (Å²) in [7, 11) is 1.43. The van der Waals surface area contributed by atoms with Gasteiger partial charge in [-0.25, -0.2) is 4.79 Å². The number of hydrogen-bond donors (Lipinski definition) is 1. The Balaban J connectivity index is 1.41. The van der Waals surface area contributed by atoms with Crippen LogP contribution in [0.2, 0.25) is 0 Å². The van der Waals surface area contributed by atoms with Gasteiger partial charge in [-0.15, -0.1) is 0 Å². The van der Waals surface area contributed by atoms with E-state index in [-0.39, 0.29) is 0 Å². The number of pyridine rings is 2. The first-order valence-electron chi connectivity index (χ1n) is 10.1. The van der Waals surface area contributed by atoms with Gasteiger partial charge in [0, 0.05) is 38.9 Å². The molecule has 0 radical (unpaired) electrons. The number of hydrogen-bond acceptors (Lipinski definition) is 5. The SMILES string of the molecule is COC(Cc1ccc(CCCN2c3cccnc3Cc3ncccc32)cc1)C(=O)O. The molecule has 0 bridgehead atoms. The van der Waals surface area contributed by atoms with Crippen molar-refractivity contribution in [1.82, 2.24) is 9.97 Å². The fourth-order valence-corrected chi connectivity index (χ4v) is 3.92. The lowest BCUT2D eigenvalue weighted by atomic mass is 10.0. The molecule has 1 unspecified atom stereocenters. The summed E-state index contributed by atoms with van der Waals surface area (Å²) in [6.45, 7) is 0.879. The molecule has 0 aliphatic carbocycles. The van der Waals surface area contributed by atoms with Crippen molar-refractivity contribution in [3.63, 3.8) is 0 Å². The molecule has 1 N–H and O–H groups in total. The van der Waals surface area contributed by atoms with Crippen molar-refractivity contribution in [2.75, 3.05) is 18.6 Å². The van der Waals surface area contributed by atoms with Crippen molar-refractivity contribution in [2.45, 2.75) is 31.8 Å². The molecule has 154 valence electrons. The highest BCUT2D eigenvalue weighted by Crippen LogP contribution is 2.36. The van der Waals surface area contributed by atoms with Crippen LogP contribution < -0.4 is 4.90 Å². The quantitative estimate of drug-likeness (QED) is 0.617. The molecule has 1 aliphatic rings. The Morgan fingerprint density at radius 2 is 1.63 bits per heavy atom. The highest BCUT2D eigenvalue weighted by molar-refractivity contribution is 5.73. The number of carboxylic acids is 1. The maximum atomic E-state index is 11.1. The van der Waals surface area contributed by atoms with Crippen LogP contribution in [0.25, 0.3) is 0 Å². The zero-order valence-electron chi connectivity index (χ0n) is 17.0. The van der Waals surface area contributed by atoms with Crippen LogP contribution in [0, 0.1) is 0 Å². The maximum absolute atomic E-state index is 11.1. The monoisotopic (exact) mass is 403 g/mol. The van der Waals surface area contributed by atoms with Crippen molar-refractivity contribution in [3.05, 3.63) is 83.4 Å². The van der Waals surface area contributed by atoms with E-state index in [2.05, 4.69) is 39.1 Å². The van der Waals surface area contributed by atoms with E-state index in [1.807, 2.05) is 36.7 Å². The molecule has 1 atom stereocenters. The molecule has 0 amide bonds. The Bertz CT molecular complexity index is 975. The molecule has 3 heterocycles. The number of anilines is 2. The second-order valence-corrected chi connectivity index (χ2v) is 7.45. The summed E-state index contributed by atoms with van der Waals surface area (Å²) < 4.78 is 5.02. The van der Waals surface area contributed by atoms with Crippen LogP contribution in [0.4, 0.5) is 11.4 Å². The third-order valence-corrected chi connectivity index (χ3v) is 5.50. The molecular formula is C24H25N3O3. The number of methoxy groups -OCH3 is 1. The minimum absolute atomic E-state index is 0.369. The lowest BCUT2D eigenvalue weighted by Gasteiger charge is -2.32. The molecule has 3 aromatic rings. The predicted molar refractivity (Wildman–Crippen MR) is 115 cm³/mol. The topological polar surface area (TPSA) is 75.5 Å². The lowest BCUT2D eigenvalue weighted by Crippen LogP contribution is -2.26. The van der Waals surface area contributed by atoms with Gasteiger partial charge in [-0.2, -0.15) is 0 Å². The summed E-state index contributed by atoms with van der Waals surface area (Å²) in [5.74, 6) is -0.937. The number of ether oxygens (including phenoxy) is 1. The van der Waals surface area contributed by atoms with Gasteiger partial charge in [-0.1, -0.05) is 24.3 Å². The van der Waals surface area contributed by atoms with Gasteiger partial charge in [-0.3, -0.25) is 9.97 Å².